The minimum atomic E-state index is -1.82. The number of ether oxygens (including phenoxy) is 1. The molecule has 0 spiro atoms. The quantitative estimate of drug-likeness (QED) is 0.271. The molecule has 0 fully saturated rings. The second-order valence-corrected chi connectivity index (χ2v) is 14.3. The van der Waals surface area contributed by atoms with Crippen LogP contribution in [0.2, 0.25) is 19.1 Å². The Morgan fingerprint density at radius 1 is 0.788 bits per heavy atom. The van der Waals surface area contributed by atoms with Crippen LogP contribution in [0.5, 0.6) is 5.75 Å². The molecular formula is C30H32O2Si. The van der Waals surface area contributed by atoms with Crippen molar-refractivity contribution >= 4 is 29.8 Å². The maximum atomic E-state index is 14.0. The second-order valence-electron chi connectivity index (χ2n) is 9.51. The van der Waals surface area contributed by atoms with Gasteiger partial charge in [0, 0.05) is 11.8 Å². The molecule has 0 saturated carbocycles. The van der Waals surface area contributed by atoms with E-state index in [1.165, 1.54) is 5.19 Å². The van der Waals surface area contributed by atoms with E-state index in [1.807, 2.05) is 30.3 Å². The molecule has 0 N–H and O–H groups in total. The van der Waals surface area contributed by atoms with Gasteiger partial charge in [-0.25, -0.2) is 0 Å². The van der Waals surface area contributed by atoms with Gasteiger partial charge in [0.15, 0.2) is 0 Å². The highest BCUT2D eigenvalue weighted by Crippen LogP contribution is 2.34. The first-order valence-electron chi connectivity index (χ1n) is 11.6. The van der Waals surface area contributed by atoms with Gasteiger partial charge >= 0.3 is 0 Å². The van der Waals surface area contributed by atoms with E-state index in [9.17, 15) is 4.79 Å². The van der Waals surface area contributed by atoms with E-state index in [4.69, 9.17) is 4.74 Å². The Morgan fingerprint density at radius 3 is 2.06 bits per heavy atom. The Hall–Kier alpha value is -3.17. The number of carbonyl (C=O) groups excluding carboxylic acids is 1. The largest absolute Gasteiger partial charge is 0.497 e. The Morgan fingerprint density at radius 2 is 1.39 bits per heavy atom. The van der Waals surface area contributed by atoms with Crippen molar-refractivity contribution in [2.45, 2.75) is 37.9 Å². The molecule has 0 amide bonds. The third-order valence-corrected chi connectivity index (χ3v) is 10.1. The van der Waals surface area contributed by atoms with Gasteiger partial charge in [0.25, 0.3) is 0 Å². The van der Waals surface area contributed by atoms with Crippen LogP contribution in [0.15, 0.2) is 97.1 Å². The van der Waals surface area contributed by atoms with Gasteiger partial charge in [0.2, 0.25) is 0 Å². The van der Waals surface area contributed by atoms with Crippen LogP contribution in [0, 0.1) is 0 Å². The van der Waals surface area contributed by atoms with E-state index in [-0.39, 0.29) is 11.8 Å². The maximum Gasteiger partial charge on any atom is 0.147 e. The maximum absolute atomic E-state index is 14.0. The van der Waals surface area contributed by atoms with Gasteiger partial charge < -0.3 is 4.74 Å². The van der Waals surface area contributed by atoms with Crippen molar-refractivity contribution in [3.63, 3.8) is 0 Å². The summed E-state index contributed by atoms with van der Waals surface area (Å²) in [5.74, 6) is 0.846. The molecule has 4 rings (SSSR count). The van der Waals surface area contributed by atoms with E-state index in [0.29, 0.717) is 5.78 Å². The fraction of sp³-hybridized carbons (Fsp3) is 0.233. The second kappa shape index (κ2) is 9.76. The van der Waals surface area contributed by atoms with Crippen molar-refractivity contribution in [1.82, 2.24) is 0 Å². The molecule has 33 heavy (non-hydrogen) atoms. The van der Waals surface area contributed by atoms with E-state index in [1.54, 1.807) is 7.11 Å². The molecule has 3 heteroatoms. The van der Waals surface area contributed by atoms with Crippen molar-refractivity contribution < 1.29 is 9.53 Å². The van der Waals surface area contributed by atoms with Gasteiger partial charge in [0.05, 0.1) is 15.2 Å². The van der Waals surface area contributed by atoms with E-state index >= 15 is 0 Å². The van der Waals surface area contributed by atoms with Crippen LogP contribution in [0.1, 0.15) is 29.9 Å². The highest BCUT2D eigenvalue weighted by Gasteiger charge is 2.34. The predicted molar refractivity (Wildman–Crippen MR) is 141 cm³/mol. The van der Waals surface area contributed by atoms with Crippen molar-refractivity contribution in [1.29, 1.82) is 0 Å². The molecule has 4 aromatic rings. The lowest BCUT2D eigenvalue weighted by Gasteiger charge is -2.30. The van der Waals surface area contributed by atoms with Gasteiger partial charge in [-0.2, -0.15) is 0 Å². The van der Waals surface area contributed by atoms with Crippen molar-refractivity contribution in [3.8, 4) is 5.75 Å². The summed E-state index contributed by atoms with van der Waals surface area (Å²) in [5.41, 5.74) is 2.19. The molecule has 0 aliphatic carbocycles. The molecule has 4 aromatic carbocycles. The Labute approximate surface area is 198 Å². The molecular weight excluding hydrogens is 420 g/mol. The molecule has 0 radical (unpaired) electrons. The normalized spacial score (nSPS) is 13.5. The fourth-order valence-corrected chi connectivity index (χ4v) is 7.48. The molecule has 2 nitrogen and oxygen atoms in total. The first-order chi connectivity index (χ1) is 15.9. The molecule has 0 heterocycles. The SMILES string of the molecule is COc1ccc2cc([C@H](C)C(=O)C(C[Si](C)(C)c3ccccc3)c3ccccc3)ccc2c1. The summed E-state index contributed by atoms with van der Waals surface area (Å²) in [4.78, 5) is 14.0. The molecule has 0 aliphatic heterocycles. The number of methoxy groups -OCH3 is 1. The molecule has 2 atom stereocenters. The topological polar surface area (TPSA) is 26.3 Å². The van der Waals surface area contributed by atoms with Crippen molar-refractivity contribution in [2.75, 3.05) is 7.11 Å². The summed E-state index contributed by atoms with van der Waals surface area (Å²) >= 11 is 0. The first-order valence-corrected chi connectivity index (χ1v) is 14.8. The van der Waals surface area contributed by atoms with Crippen LogP contribution in [0.25, 0.3) is 10.8 Å². The van der Waals surface area contributed by atoms with Crippen LogP contribution in [-0.4, -0.2) is 21.0 Å². The number of Topliss-reactive ketones (excluding diaryl/α,β-unsaturated/α-hetero) is 1. The van der Waals surface area contributed by atoms with Crippen LogP contribution in [-0.2, 0) is 4.79 Å². The Bertz CT molecular complexity index is 1230. The van der Waals surface area contributed by atoms with Gasteiger partial charge in [-0.15, -0.1) is 0 Å². The number of ketones is 1. The third-order valence-electron chi connectivity index (χ3n) is 6.81. The smallest absolute Gasteiger partial charge is 0.147 e. The molecule has 168 valence electrons. The Kier molecular flexibility index (Phi) is 6.80. The molecule has 1 unspecified atom stereocenters. The van der Waals surface area contributed by atoms with Crippen LogP contribution in [0.3, 0.4) is 0 Å². The fourth-order valence-electron chi connectivity index (χ4n) is 4.69. The lowest BCUT2D eigenvalue weighted by molar-refractivity contribution is -0.121. The van der Waals surface area contributed by atoms with Crippen molar-refractivity contribution in [2.24, 2.45) is 0 Å². The number of rotatable bonds is 8. The first kappa shape index (κ1) is 23.0. The highest BCUT2D eigenvalue weighted by molar-refractivity contribution is 6.90. The van der Waals surface area contributed by atoms with Crippen LogP contribution in [0.4, 0.5) is 0 Å². The number of benzene rings is 4. The molecule has 0 bridgehead atoms. The van der Waals surface area contributed by atoms with Gasteiger partial charge in [-0.05, 0) is 40.1 Å². The summed E-state index contributed by atoms with van der Waals surface area (Å²) in [6.45, 7) is 6.80. The number of carbonyl (C=O) groups is 1. The molecule has 0 aromatic heterocycles. The van der Waals surface area contributed by atoms with E-state index in [2.05, 4.69) is 86.7 Å². The van der Waals surface area contributed by atoms with Crippen molar-refractivity contribution in [3.05, 3.63) is 108 Å². The summed E-state index contributed by atoms with van der Waals surface area (Å²) < 4.78 is 5.35. The number of hydrogen-bond donors (Lipinski definition) is 0. The standard InChI is InChI=1S/C30H32O2Si/c1-22(24-15-16-26-20-27(32-2)18-17-25(26)19-24)30(31)29(23-11-7-5-8-12-23)21-33(3,4)28-13-9-6-10-14-28/h5-20,22,29H,21H2,1-4H3/t22-,29?/m0/s1. The summed E-state index contributed by atoms with van der Waals surface area (Å²) in [6, 6.07) is 34.3. The van der Waals surface area contributed by atoms with Gasteiger partial charge in [-0.1, -0.05) is 110 Å². The Balaban J connectivity index is 1.67. The lowest BCUT2D eigenvalue weighted by atomic mass is 9.85. The van der Waals surface area contributed by atoms with E-state index in [0.717, 1.165) is 33.7 Å². The van der Waals surface area contributed by atoms with Gasteiger partial charge in [0.1, 0.15) is 11.5 Å². The van der Waals surface area contributed by atoms with Crippen LogP contribution >= 0.6 is 0 Å². The van der Waals surface area contributed by atoms with Crippen LogP contribution < -0.4 is 9.92 Å². The zero-order chi connectivity index (χ0) is 23.4. The average molecular weight is 453 g/mol. The summed E-state index contributed by atoms with van der Waals surface area (Å²) in [6.07, 6.45) is 0. The molecule has 0 aliphatic rings. The zero-order valence-corrected chi connectivity index (χ0v) is 20.9. The van der Waals surface area contributed by atoms with Gasteiger partial charge in [-0.3, -0.25) is 4.79 Å². The van der Waals surface area contributed by atoms with E-state index < -0.39 is 8.07 Å². The predicted octanol–water partition coefficient (Wildman–Crippen LogP) is 6.92. The zero-order valence-electron chi connectivity index (χ0n) is 19.9. The lowest BCUT2D eigenvalue weighted by Crippen LogP contribution is -2.43. The third kappa shape index (κ3) is 5.09. The number of fused-ring (bicyclic) bond motifs is 1. The summed E-state index contributed by atoms with van der Waals surface area (Å²) in [5, 5.41) is 3.64. The minimum absolute atomic E-state index is 0.116. The molecule has 0 saturated heterocycles. The highest BCUT2D eigenvalue weighted by atomic mass is 28.3. The minimum Gasteiger partial charge on any atom is -0.497 e. The average Bonchev–Trinajstić information content (AvgIpc) is 2.87. The number of hydrogen-bond acceptors (Lipinski definition) is 2. The summed E-state index contributed by atoms with van der Waals surface area (Å²) in [7, 11) is -0.143. The monoisotopic (exact) mass is 452 g/mol.